The average molecular weight is 247 g/mol. The van der Waals surface area contributed by atoms with Gasteiger partial charge in [0.25, 0.3) is 6.43 Å². The van der Waals surface area contributed by atoms with Gasteiger partial charge in [0, 0.05) is 6.04 Å². The molecular formula is C10H15F2N3O2. The van der Waals surface area contributed by atoms with Crippen molar-refractivity contribution >= 4 is 0 Å². The highest BCUT2D eigenvalue weighted by Gasteiger charge is 2.20. The maximum atomic E-state index is 11.8. The molecule has 0 spiro atoms. The first kappa shape index (κ1) is 12.4. The monoisotopic (exact) mass is 247 g/mol. The van der Waals surface area contributed by atoms with Crippen LogP contribution in [0.25, 0.3) is 0 Å². The smallest absolute Gasteiger partial charge is 0.261 e. The van der Waals surface area contributed by atoms with Crippen LogP contribution < -0.4 is 5.32 Å². The normalized spacial score (nSPS) is 15.7. The minimum absolute atomic E-state index is 0.169. The third kappa shape index (κ3) is 4.74. The molecule has 0 bridgehead atoms. The maximum Gasteiger partial charge on any atom is 0.261 e. The van der Waals surface area contributed by atoms with Gasteiger partial charge in [0.15, 0.2) is 5.82 Å². The van der Waals surface area contributed by atoms with Crippen LogP contribution in [0.15, 0.2) is 4.52 Å². The van der Waals surface area contributed by atoms with E-state index in [-0.39, 0.29) is 6.61 Å². The van der Waals surface area contributed by atoms with Gasteiger partial charge >= 0.3 is 0 Å². The predicted octanol–water partition coefficient (Wildman–Crippen LogP) is 1.15. The molecule has 5 nitrogen and oxygen atoms in total. The van der Waals surface area contributed by atoms with E-state index < -0.39 is 13.0 Å². The Hall–Kier alpha value is -1.08. The lowest BCUT2D eigenvalue weighted by molar-refractivity contribution is 0.0171. The van der Waals surface area contributed by atoms with E-state index in [0.29, 0.717) is 30.7 Å². The van der Waals surface area contributed by atoms with Crippen LogP contribution in [-0.4, -0.2) is 35.8 Å². The topological polar surface area (TPSA) is 60.2 Å². The van der Waals surface area contributed by atoms with Crippen LogP contribution in [0.3, 0.4) is 0 Å². The van der Waals surface area contributed by atoms with Crippen molar-refractivity contribution in [1.29, 1.82) is 0 Å². The quantitative estimate of drug-likeness (QED) is 0.698. The summed E-state index contributed by atoms with van der Waals surface area (Å²) < 4.78 is 33.2. The Morgan fingerprint density at radius 2 is 2.29 bits per heavy atom. The molecule has 1 saturated carbocycles. The van der Waals surface area contributed by atoms with E-state index in [1.54, 1.807) is 0 Å². The van der Waals surface area contributed by atoms with E-state index >= 15 is 0 Å². The molecule has 1 aliphatic rings. The SMILES string of the molecule is FC(F)COCCc1nc(CNC2CC2)no1. The van der Waals surface area contributed by atoms with E-state index in [0.717, 1.165) is 0 Å². The average Bonchev–Trinajstić information content (AvgIpc) is 3.01. The standard InChI is InChI=1S/C10H15F2N3O2/c11-8(12)6-16-4-3-10-14-9(15-17-10)5-13-7-1-2-7/h7-8,13H,1-6H2. The van der Waals surface area contributed by atoms with Gasteiger partial charge in [-0.1, -0.05) is 5.16 Å². The molecule has 0 amide bonds. The highest BCUT2D eigenvalue weighted by atomic mass is 19.3. The van der Waals surface area contributed by atoms with Gasteiger partial charge < -0.3 is 14.6 Å². The van der Waals surface area contributed by atoms with Crippen LogP contribution in [0.1, 0.15) is 24.6 Å². The number of ether oxygens (including phenoxy) is 1. The van der Waals surface area contributed by atoms with Crippen molar-refractivity contribution in [1.82, 2.24) is 15.5 Å². The number of hydrogen-bond acceptors (Lipinski definition) is 5. The van der Waals surface area contributed by atoms with E-state index in [1.165, 1.54) is 12.8 Å². The number of nitrogens with zero attached hydrogens (tertiary/aromatic N) is 2. The largest absolute Gasteiger partial charge is 0.375 e. The number of halogens is 2. The van der Waals surface area contributed by atoms with Gasteiger partial charge in [-0.05, 0) is 12.8 Å². The Kier molecular flexibility index (Phi) is 4.38. The van der Waals surface area contributed by atoms with Gasteiger partial charge in [-0.3, -0.25) is 0 Å². The zero-order valence-electron chi connectivity index (χ0n) is 9.36. The molecule has 0 radical (unpaired) electrons. The van der Waals surface area contributed by atoms with Crippen molar-refractivity contribution in [2.75, 3.05) is 13.2 Å². The van der Waals surface area contributed by atoms with Crippen LogP contribution in [0.4, 0.5) is 8.78 Å². The first-order chi connectivity index (χ1) is 8.24. The lowest BCUT2D eigenvalue weighted by Crippen LogP contribution is -2.16. The minimum Gasteiger partial charge on any atom is -0.375 e. The van der Waals surface area contributed by atoms with E-state index in [1.807, 2.05) is 0 Å². The number of nitrogens with one attached hydrogen (secondary N) is 1. The zero-order chi connectivity index (χ0) is 12.1. The summed E-state index contributed by atoms with van der Waals surface area (Å²) in [6.07, 6.45) is 0.331. The summed E-state index contributed by atoms with van der Waals surface area (Å²) in [4.78, 5) is 4.12. The minimum atomic E-state index is -2.43. The Bertz CT molecular complexity index is 342. The van der Waals surface area contributed by atoms with Crippen LogP contribution in [0.2, 0.25) is 0 Å². The number of hydrogen-bond donors (Lipinski definition) is 1. The Balaban J connectivity index is 1.62. The van der Waals surface area contributed by atoms with Gasteiger partial charge in [-0.2, -0.15) is 4.98 Å². The molecule has 2 rings (SSSR count). The van der Waals surface area contributed by atoms with Crippen LogP contribution in [0, 0.1) is 0 Å². The summed E-state index contributed by atoms with van der Waals surface area (Å²) in [5, 5.41) is 7.03. The first-order valence-corrected chi connectivity index (χ1v) is 5.65. The molecular weight excluding hydrogens is 232 g/mol. The summed E-state index contributed by atoms with van der Waals surface area (Å²) >= 11 is 0. The van der Waals surface area contributed by atoms with Gasteiger partial charge in [0.1, 0.15) is 6.61 Å². The summed E-state index contributed by atoms with van der Waals surface area (Å²) in [7, 11) is 0. The third-order valence-corrected chi connectivity index (χ3v) is 2.34. The second-order valence-corrected chi connectivity index (χ2v) is 3.98. The summed E-state index contributed by atoms with van der Waals surface area (Å²) in [5.41, 5.74) is 0. The van der Waals surface area contributed by atoms with E-state index in [9.17, 15) is 8.78 Å². The molecule has 96 valence electrons. The molecule has 1 aliphatic carbocycles. The van der Waals surface area contributed by atoms with Crippen molar-refractivity contribution in [3.05, 3.63) is 11.7 Å². The second kappa shape index (κ2) is 6.02. The molecule has 1 heterocycles. The van der Waals surface area contributed by atoms with Crippen molar-refractivity contribution in [3.8, 4) is 0 Å². The van der Waals surface area contributed by atoms with Gasteiger partial charge in [-0.15, -0.1) is 0 Å². The fraction of sp³-hybridized carbons (Fsp3) is 0.800. The molecule has 17 heavy (non-hydrogen) atoms. The second-order valence-electron chi connectivity index (χ2n) is 3.98. The molecule has 7 heteroatoms. The summed E-state index contributed by atoms with van der Waals surface area (Å²) in [6.45, 7) is 0.207. The van der Waals surface area contributed by atoms with Crippen molar-refractivity contribution < 1.29 is 18.0 Å². The summed E-state index contributed by atoms with van der Waals surface area (Å²) in [6, 6.07) is 0.589. The number of alkyl halides is 2. The number of rotatable bonds is 8. The van der Waals surface area contributed by atoms with E-state index in [4.69, 9.17) is 9.26 Å². The van der Waals surface area contributed by atoms with Gasteiger partial charge in [-0.25, -0.2) is 8.78 Å². The molecule has 1 fully saturated rings. The van der Waals surface area contributed by atoms with Gasteiger partial charge in [0.05, 0.1) is 19.6 Å². The molecule has 1 N–H and O–H groups in total. The fourth-order valence-corrected chi connectivity index (χ4v) is 1.32. The molecule has 0 unspecified atom stereocenters. The Morgan fingerprint density at radius 1 is 1.47 bits per heavy atom. The Labute approximate surface area is 97.5 Å². The molecule has 0 aromatic carbocycles. The zero-order valence-corrected chi connectivity index (χ0v) is 9.36. The van der Waals surface area contributed by atoms with Gasteiger partial charge in [0.2, 0.25) is 5.89 Å². The molecule has 1 aromatic rings. The maximum absolute atomic E-state index is 11.8. The molecule has 0 atom stereocenters. The Morgan fingerprint density at radius 3 is 3.00 bits per heavy atom. The highest BCUT2D eigenvalue weighted by molar-refractivity contribution is 4.89. The lowest BCUT2D eigenvalue weighted by Gasteiger charge is -1.99. The highest BCUT2D eigenvalue weighted by Crippen LogP contribution is 2.18. The predicted molar refractivity (Wildman–Crippen MR) is 54.7 cm³/mol. The molecule has 1 aromatic heterocycles. The molecule has 0 aliphatic heterocycles. The van der Waals surface area contributed by atoms with Crippen molar-refractivity contribution in [2.45, 2.75) is 38.3 Å². The lowest BCUT2D eigenvalue weighted by atomic mass is 10.4. The van der Waals surface area contributed by atoms with Crippen LogP contribution in [0.5, 0.6) is 0 Å². The molecule has 0 saturated heterocycles. The van der Waals surface area contributed by atoms with E-state index in [2.05, 4.69) is 15.5 Å². The van der Waals surface area contributed by atoms with Crippen LogP contribution in [-0.2, 0) is 17.7 Å². The third-order valence-electron chi connectivity index (χ3n) is 2.34. The fourth-order valence-electron chi connectivity index (χ4n) is 1.32. The van der Waals surface area contributed by atoms with Crippen LogP contribution >= 0.6 is 0 Å². The van der Waals surface area contributed by atoms with Crippen molar-refractivity contribution in [3.63, 3.8) is 0 Å². The van der Waals surface area contributed by atoms with Crippen molar-refractivity contribution in [2.24, 2.45) is 0 Å². The number of aromatic nitrogens is 2. The first-order valence-electron chi connectivity index (χ1n) is 5.65. The summed E-state index contributed by atoms with van der Waals surface area (Å²) in [5.74, 6) is 1.02.